The standard InChI is InChI=1S/C19H24N2/c1-15(19(2,3)12-13-20-4)17-10-11-18(21-14-17)16-8-6-5-7-9-16/h5-11,13-15H,12H2,1-4H3. The molecule has 0 saturated carbocycles. The fraction of sp³-hybridized carbons (Fsp3) is 0.368. The van der Waals surface area contributed by atoms with Crippen LogP contribution in [0.15, 0.2) is 53.7 Å². The average Bonchev–Trinajstić information content (AvgIpc) is 2.53. The summed E-state index contributed by atoms with van der Waals surface area (Å²) in [6, 6.07) is 14.6. The van der Waals surface area contributed by atoms with E-state index in [1.54, 1.807) is 0 Å². The Hall–Kier alpha value is -1.96. The highest BCUT2D eigenvalue weighted by atomic mass is 14.7. The molecule has 0 aliphatic rings. The van der Waals surface area contributed by atoms with Crippen molar-refractivity contribution in [3.8, 4) is 11.3 Å². The molecule has 21 heavy (non-hydrogen) atoms. The maximum absolute atomic E-state index is 4.63. The van der Waals surface area contributed by atoms with Gasteiger partial charge in [-0.05, 0) is 35.6 Å². The first kappa shape index (κ1) is 15.4. The van der Waals surface area contributed by atoms with Crippen molar-refractivity contribution >= 4 is 6.21 Å². The lowest BCUT2D eigenvalue weighted by Gasteiger charge is -2.30. The summed E-state index contributed by atoms with van der Waals surface area (Å²) in [6.07, 6.45) is 4.99. The highest BCUT2D eigenvalue weighted by molar-refractivity contribution is 5.59. The third-order valence-corrected chi connectivity index (χ3v) is 4.33. The van der Waals surface area contributed by atoms with E-state index in [1.165, 1.54) is 5.56 Å². The molecule has 1 aromatic heterocycles. The van der Waals surface area contributed by atoms with E-state index >= 15 is 0 Å². The van der Waals surface area contributed by atoms with Crippen molar-refractivity contribution < 1.29 is 0 Å². The lowest BCUT2D eigenvalue weighted by Crippen LogP contribution is -2.20. The fourth-order valence-corrected chi connectivity index (χ4v) is 2.40. The first-order valence-corrected chi connectivity index (χ1v) is 7.46. The number of aliphatic imine (C=N–C) groups is 1. The molecule has 0 N–H and O–H groups in total. The predicted octanol–water partition coefficient (Wildman–Crippen LogP) is 4.97. The number of pyridine rings is 1. The summed E-state index contributed by atoms with van der Waals surface area (Å²) < 4.78 is 0. The molecule has 0 saturated heterocycles. The number of nitrogens with zero attached hydrogens (tertiary/aromatic N) is 2. The Morgan fingerprint density at radius 3 is 2.43 bits per heavy atom. The molecule has 2 rings (SSSR count). The van der Waals surface area contributed by atoms with E-state index in [9.17, 15) is 0 Å². The van der Waals surface area contributed by atoms with E-state index in [0.29, 0.717) is 5.92 Å². The van der Waals surface area contributed by atoms with Gasteiger partial charge in [0.15, 0.2) is 0 Å². The SMILES string of the molecule is CN=CCC(C)(C)C(C)c1ccc(-c2ccccc2)nc1. The van der Waals surface area contributed by atoms with E-state index in [2.05, 4.69) is 55.0 Å². The molecular formula is C19H24N2. The summed E-state index contributed by atoms with van der Waals surface area (Å²) in [5, 5.41) is 0. The van der Waals surface area contributed by atoms with Gasteiger partial charge >= 0.3 is 0 Å². The van der Waals surface area contributed by atoms with Crippen molar-refractivity contribution in [1.82, 2.24) is 4.98 Å². The molecule has 110 valence electrons. The minimum atomic E-state index is 0.176. The van der Waals surface area contributed by atoms with Crippen LogP contribution in [0, 0.1) is 5.41 Å². The van der Waals surface area contributed by atoms with Crippen LogP contribution in [0.1, 0.15) is 38.7 Å². The van der Waals surface area contributed by atoms with E-state index in [4.69, 9.17) is 0 Å². The van der Waals surface area contributed by atoms with Crippen LogP contribution in [-0.2, 0) is 0 Å². The summed E-state index contributed by atoms with van der Waals surface area (Å²) in [4.78, 5) is 8.74. The second-order valence-electron chi connectivity index (χ2n) is 6.20. The van der Waals surface area contributed by atoms with Crippen LogP contribution in [0.4, 0.5) is 0 Å². The Labute approximate surface area is 128 Å². The number of benzene rings is 1. The molecule has 2 aromatic rings. The van der Waals surface area contributed by atoms with E-state index in [0.717, 1.165) is 17.7 Å². The Bertz CT molecular complexity index is 583. The molecule has 2 heteroatoms. The van der Waals surface area contributed by atoms with Crippen LogP contribution in [0.3, 0.4) is 0 Å². The second kappa shape index (κ2) is 6.66. The number of aromatic nitrogens is 1. The lowest BCUT2D eigenvalue weighted by molar-refractivity contribution is 0.316. The van der Waals surface area contributed by atoms with Gasteiger partial charge in [-0.3, -0.25) is 4.98 Å². The van der Waals surface area contributed by atoms with Crippen molar-refractivity contribution in [3.63, 3.8) is 0 Å². The van der Waals surface area contributed by atoms with Crippen molar-refractivity contribution in [1.29, 1.82) is 0 Å². The van der Waals surface area contributed by atoms with Gasteiger partial charge in [-0.2, -0.15) is 0 Å². The normalized spacial score (nSPS) is 13.5. The summed E-state index contributed by atoms with van der Waals surface area (Å²) in [6.45, 7) is 6.83. The molecule has 1 heterocycles. The molecule has 0 radical (unpaired) electrons. The van der Waals surface area contributed by atoms with Crippen LogP contribution in [0.5, 0.6) is 0 Å². The maximum atomic E-state index is 4.63. The van der Waals surface area contributed by atoms with E-state index in [-0.39, 0.29) is 5.41 Å². The molecular weight excluding hydrogens is 256 g/mol. The highest BCUT2D eigenvalue weighted by Gasteiger charge is 2.26. The third kappa shape index (κ3) is 3.78. The zero-order chi connectivity index (χ0) is 15.3. The van der Waals surface area contributed by atoms with Gasteiger partial charge in [0.1, 0.15) is 0 Å². The van der Waals surface area contributed by atoms with Gasteiger partial charge in [0.2, 0.25) is 0 Å². The van der Waals surface area contributed by atoms with Gasteiger partial charge < -0.3 is 4.99 Å². The van der Waals surface area contributed by atoms with Gasteiger partial charge in [-0.25, -0.2) is 0 Å². The first-order chi connectivity index (χ1) is 10.0. The van der Waals surface area contributed by atoms with Gasteiger partial charge in [-0.15, -0.1) is 0 Å². The van der Waals surface area contributed by atoms with Crippen LogP contribution in [0.25, 0.3) is 11.3 Å². The maximum Gasteiger partial charge on any atom is 0.0702 e. The third-order valence-electron chi connectivity index (χ3n) is 4.33. The number of hydrogen-bond donors (Lipinski definition) is 0. The van der Waals surface area contributed by atoms with E-state index in [1.807, 2.05) is 37.7 Å². The van der Waals surface area contributed by atoms with Crippen LogP contribution in [0.2, 0.25) is 0 Å². The van der Waals surface area contributed by atoms with Crippen molar-refractivity contribution in [2.24, 2.45) is 10.4 Å². The van der Waals surface area contributed by atoms with Gasteiger partial charge in [-0.1, -0.05) is 57.2 Å². The first-order valence-electron chi connectivity index (χ1n) is 7.46. The van der Waals surface area contributed by atoms with Crippen molar-refractivity contribution in [3.05, 3.63) is 54.2 Å². The molecule has 0 spiro atoms. The minimum absolute atomic E-state index is 0.176. The smallest absolute Gasteiger partial charge is 0.0702 e. The zero-order valence-electron chi connectivity index (χ0n) is 13.4. The molecule has 1 aromatic carbocycles. The summed E-state index contributed by atoms with van der Waals surface area (Å²) >= 11 is 0. The predicted molar refractivity (Wildman–Crippen MR) is 90.9 cm³/mol. The largest absolute Gasteiger partial charge is 0.301 e. The highest BCUT2D eigenvalue weighted by Crippen LogP contribution is 2.37. The summed E-state index contributed by atoms with van der Waals surface area (Å²) in [5.41, 5.74) is 3.65. The van der Waals surface area contributed by atoms with Crippen molar-refractivity contribution in [2.75, 3.05) is 7.05 Å². The zero-order valence-corrected chi connectivity index (χ0v) is 13.4. The Morgan fingerprint density at radius 2 is 1.86 bits per heavy atom. The van der Waals surface area contributed by atoms with Crippen LogP contribution < -0.4 is 0 Å². The Balaban J connectivity index is 2.19. The van der Waals surface area contributed by atoms with E-state index < -0.39 is 0 Å². The second-order valence-corrected chi connectivity index (χ2v) is 6.20. The molecule has 0 bridgehead atoms. The van der Waals surface area contributed by atoms with Crippen molar-refractivity contribution in [2.45, 2.75) is 33.1 Å². The Kier molecular flexibility index (Phi) is 4.89. The Morgan fingerprint density at radius 1 is 1.14 bits per heavy atom. The number of rotatable bonds is 5. The van der Waals surface area contributed by atoms with Gasteiger partial charge in [0.25, 0.3) is 0 Å². The fourth-order valence-electron chi connectivity index (χ4n) is 2.40. The summed E-state index contributed by atoms with van der Waals surface area (Å²) in [5.74, 6) is 0.438. The quantitative estimate of drug-likeness (QED) is 0.710. The molecule has 0 aliphatic heterocycles. The average molecular weight is 280 g/mol. The molecule has 0 amide bonds. The van der Waals surface area contributed by atoms with Crippen LogP contribution in [-0.4, -0.2) is 18.2 Å². The van der Waals surface area contributed by atoms with Gasteiger partial charge in [0, 0.05) is 18.8 Å². The number of hydrogen-bond acceptors (Lipinski definition) is 2. The minimum Gasteiger partial charge on any atom is -0.301 e. The molecule has 0 aliphatic carbocycles. The van der Waals surface area contributed by atoms with Gasteiger partial charge in [0.05, 0.1) is 5.69 Å². The monoisotopic (exact) mass is 280 g/mol. The topological polar surface area (TPSA) is 25.2 Å². The molecule has 1 unspecified atom stereocenters. The summed E-state index contributed by atoms with van der Waals surface area (Å²) in [7, 11) is 1.83. The lowest BCUT2D eigenvalue weighted by atomic mass is 9.74. The molecule has 0 fully saturated rings. The van der Waals surface area contributed by atoms with Crippen LogP contribution >= 0.6 is 0 Å². The molecule has 1 atom stereocenters. The molecule has 2 nitrogen and oxygen atoms in total.